The van der Waals surface area contributed by atoms with E-state index in [1.807, 2.05) is 30.3 Å². The second-order valence-corrected chi connectivity index (χ2v) is 6.91. The Morgan fingerprint density at radius 3 is 2.38 bits per heavy atom. The molecule has 0 radical (unpaired) electrons. The quantitative estimate of drug-likeness (QED) is 0.628. The molecule has 24 heavy (non-hydrogen) atoms. The molecule has 1 aromatic rings. The van der Waals surface area contributed by atoms with E-state index in [-0.39, 0.29) is 12.0 Å². The summed E-state index contributed by atoms with van der Waals surface area (Å²) in [6, 6.07) is 8.66. The average molecular weight is 331 g/mol. The molecule has 0 aromatic heterocycles. The summed E-state index contributed by atoms with van der Waals surface area (Å²) in [4.78, 5) is 26.6. The number of likely N-dealkylation sites (tertiary alicyclic amines) is 1. The van der Waals surface area contributed by atoms with Crippen LogP contribution in [-0.4, -0.2) is 41.8 Å². The molecular weight excluding hydrogens is 306 g/mol. The van der Waals surface area contributed by atoms with Gasteiger partial charge in [0.25, 0.3) is 0 Å². The molecule has 130 valence electrons. The van der Waals surface area contributed by atoms with E-state index in [1.54, 1.807) is 26.8 Å². The number of carbonyl (C=O) groups excluding carboxylic acids is 2. The van der Waals surface area contributed by atoms with E-state index in [0.717, 1.165) is 5.56 Å². The lowest BCUT2D eigenvalue weighted by Crippen LogP contribution is -2.48. The summed E-state index contributed by atoms with van der Waals surface area (Å²) < 4.78 is 10.5. The average Bonchev–Trinajstić information content (AvgIpc) is 2.93. The van der Waals surface area contributed by atoms with E-state index < -0.39 is 23.7 Å². The Bertz CT molecular complexity index is 606. The van der Waals surface area contributed by atoms with Crippen LogP contribution in [0.15, 0.2) is 43.0 Å². The third-order valence-electron chi connectivity index (χ3n) is 4.08. The Hall–Kier alpha value is -2.30. The maximum Gasteiger partial charge on any atom is 0.411 e. The van der Waals surface area contributed by atoms with Gasteiger partial charge in [-0.1, -0.05) is 36.4 Å². The van der Waals surface area contributed by atoms with Gasteiger partial charge in [-0.3, -0.25) is 4.90 Å². The van der Waals surface area contributed by atoms with Gasteiger partial charge in [-0.15, -0.1) is 6.58 Å². The fourth-order valence-corrected chi connectivity index (χ4v) is 3.09. The minimum Gasteiger partial charge on any atom is -0.467 e. The first kappa shape index (κ1) is 18.0. The number of hydrogen-bond acceptors (Lipinski definition) is 4. The third-order valence-corrected chi connectivity index (χ3v) is 4.08. The van der Waals surface area contributed by atoms with E-state index in [1.165, 1.54) is 12.0 Å². The number of carbonyl (C=O) groups is 2. The predicted molar refractivity (Wildman–Crippen MR) is 91.7 cm³/mol. The number of ether oxygens (including phenoxy) is 2. The van der Waals surface area contributed by atoms with Crippen LogP contribution in [0.2, 0.25) is 0 Å². The van der Waals surface area contributed by atoms with Crippen LogP contribution in [0.25, 0.3) is 0 Å². The number of hydrogen-bond donors (Lipinski definition) is 0. The minimum absolute atomic E-state index is 0.158. The van der Waals surface area contributed by atoms with Crippen molar-refractivity contribution in [2.75, 3.05) is 7.11 Å². The predicted octanol–water partition coefficient (Wildman–Crippen LogP) is 3.51. The van der Waals surface area contributed by atoms with E-state index in [4.69, 9.17) is 9.47 Å². The first-order valence-electron chi connectivity index (χ1n) is 8.05. The van der Waals surface area contributed by atoms with Crippen molar-refractivity contribution in [1.82, 2.24) is 4.90 Å². The summed E-state index contributed by atoms with van der Waals surface area (Å²) in [7, 11) is 1.33. The molecule has 1 fully saturated rings. The first-order valence-corrected chi connectivity index (χ1v) is 8.05. The third kappa shape index (κ3) is 3.78. The molecule has 1 aliphatic heterocycles. The normalized spacial score (nSPS) is 23.7. The van der Waals surface area contributed by atoms with Gasteiger partial charge in [0.1, 0.15) is 11.6 Å². The van der Waals surface area contributed by atoms with Crippen molar-refractivity contribution >= 4 is 12.1 Å². The van der Waals surface area contributed by atoms with Gasteiger partial charge in [-0.25, -0.2) is 9.59 Å². The van der Waals surface area contributed by atoms with Gasteiger partial charge in [0, 0.05) is 5.92 Å². The molecule has 1 amide bonds. The zero-order valence-electron chi connectivity index (χ0n) is 14.7. The summed E-state index contributed by atoms with van der Waals surface area (Å²) in [5.41, 5.74) is 0.347. The highest BCUT2D eigenvalue weighted by atomic mass is 16.6. The SMILES string of the molecule is C=C[C@H]1C[C@H](c2ccccc2)[C@@H](C(=O)OC)N1C(=O)OC(C)(C)C. The Balaban J connectivity index is 2.40. The fraction of sp³-hybridized carbons (Fsp3) is 0.474. The second-order valence-electron chi connectivity index (χ2n) is 6.91. The number of benzene rings is 1. The molecule has 5 nitrogen and oxygen atoms in total. The molecule has 0 unspecified atom stereocenters. The van der Waals surface area contributed by atoms with Crippen LogP contribution < -0.4 is 0 Å². The summed E-state index contributed by atoms with van der Waals surface area (Å²) in [5, 5.41) is 0. The van der Waals surface area contributed by atoms with Crippen molar-refractivity contribution in [2.24, 2.45) is 0 Å². The maximum absolute atomic E-state index is 12.7. The van der Waals surface area contributed by atoms with Crippen LogP contribution in [0, 0.1) is 0 Å². The molecule has 5 heteroatoms. The van der Waals surface area contributed by atoms with Gasteiger partial charge in [-0.2, -0.15) is 0 Å². The van der Waals surface area contributed by atoms with E-state index in [9.17, 15) is 9.59 Å². The van der Waals surface area contributed by atoms with E-state index >= 15 is 0 Å². The molecule has 0 spiro atoms. The second kappa shape index (κ2) is 7.07. The van der Waals surface area contributed by atoms with Crippen molar-refractivity contribution < 1.29 is 19.1 Å². The van der Waals surface area contributed by atoms with E-state index in [2.05, 4.69) is 6.58 Å². The Kier molecular flexibility index (Phi) is 5.32. The fourth-order valence-electron chi connectivity index (χ4n) is 3.09. The van der Waals surface area contributed by atoms with Crippen LogP contribution in [0.5, 0.6) is 0 Å². The highest BCUT2D eigenvalue weighted by molar-refractivity contribution is 5.84. The number of esters is 1. The number of amides is 1. The molecule has 1 aliphatic rings. The summed E-state index contributed by atoms with van der Waals surface area (Å²) in [6.45, 7) is 9.21. The van der Waals surface area contributed by atoms with Gasteiger partial charge < -0.3 is 9.47 Å². The van der Waals surface area contributed by atoms with Crippen LogP contribution in [0.4, 0.5) is 4.79 Å². The lowest BCUT2D eigenvalue weighted by atomic mass is 9.90. The Labute approximate surface area is 143 Å². The van der Waals surface area contributed by atoms with Crippen molar-refractivity contribution in [3.05, 3.63) is 48.6 Å². The van der Waals surface area contributed by atoms with Crippen LogP contribution >= 0.6 is 0 Å². The molecular formula is C19H25NO4. The molecule has 1 saturated heterocycles. The summed E-state index contributed by atoms with van der Waals surface area (Å²) in [5.74, 6) is -0.603. The largest absolute Gasteiger partial charge is 0.467 e. The highest BCUT2D eigenvalue weighted by Gasteiger charge is 2.49. The zero-order valence-corrected chi connectivity index (χ0v) is 14.7. The van der Waals surface area contributed by atoms with Crippen molar-refractivity contribution in [3.8, 4) is 0 Å². The van der Waals surface area contributed by atoms with Crippen molar-refractivity contribution in [1.29, 1.82) is 0 Å². The van der Waals surface area contributed by atoms with Gasteiger partial charge >= 0.3 is 12.1 Å². The lowest BCUT2D eigenvalue weighted by molar-refractivity contribution is -0.146. The topological polar surface area (TPSA) is 55.8 Å². The lowest BCUT2D eigenvalue weighted by Gasteiger charge is -2.31. The number of methoxy groups -OCH3 is 1. The van der Waals surface area contributed by atoms with Crippen LogP contribution in [0.3, 0.4) is 0 Å². The number of rotatable bonds is 3. The van der Waals surface area contributed by atoms with Gasteiger partial charge in [0.05, 0.1) is 13.2 Å². The van der Waals surface area contributed by atoms with Crippen molar-refractivity contribution in [3.63, 3.8) is 0 Å². The summed E-state index contributed by atoms with van der Waals surface area (Å²) in [6.07, 6.45) is 1.76. The molecule has 0 saturated carbocycles. The monoisotopic (exact) mass is 331 g/mol. The van der Waals surface area contributed by atoms with E-state index in [0.29, 0.717) is 6.42 Å². The zero-order chi connectivity index (χ0) is 17.9. The molecule has 3 atom stereocenters. The molecule has 1 heterocycles. The van der Waals surface area contributed by atoms with Crippen LogP contribution in [0.1, 0.15) is 38.7 Å². The molecule has 2 rings (SSSR count). The Morgan fingerprint density at radius 2 is 1.88 bits per heavy atom. The summed E-state index contributed by atoms with van der Waals surface area (Å²) >= 11 is 0. The molecule has 0 N–H and O–H groups in total. The maximum atomic E-state index is 12.7. The smallest absolute Gasteiger partial charge is 0.411 e. The van der Waals surface area contributed by atoms with Gasteiger partial charge in [0.15, 0.2) is 0 Å². The van der Waals surface area contributed by atoms with Crippen LogP contribution in [-0.2, 0) is 14.3 Å². The minimum atomic E-state index is -0.727. The molecule has 0 aliphatic carbocycles. The standard InChI is InChI=1S/C19H25NO4/c1-6-14-12-15(13-10-8-7-9-11-13)16(17(21)23-5)20(14)18(22)24-19(2,3)4/h6-11,14-16H,1,12H2,2-5H3/t14-,15+,16-/m0/s1. The van der Waals surface area contributed by atoms with Crippen molar-refractivity contribution in [2.45, 2.75) is 50.8 Å². The molecule has 0 bridgehead atoms. The highest BCUT2D eigenvalue weighted by Crippen LogP contribution is 2.39. The number of nitrogens with zero attached hydrogens (tertiary/aromatic N) is 1. The van der Waals surface area contributed by atoms with Gasteiger partial charge in [-0.05, 0) is 32.8 Å². The molecule has 1 aromatic carbocycles. The first-order chi connectivity index (χ1) is 11.3. The Morgan fingerprint density at radius 1 is 1.25 bits per heavy atom. The van der Waals surface area contributed by atoms with Gasteiger partial charge in [0.2, 0.25) is 0 Å².